The zero-order chi connectivity index (χ0) is 16.7. The largest absolute Gasteiger partial charge is 0.464 e. The monoisotopic (exact) mass is 353 g/mol. The molecular formula is C17H23NO3S2. The van der Waals surface area contributed by atoms with Crippen LogP contribution in [0.5, 0.6) is 0 Å². The van der Waals surface area contributed by atoms with Crippen LogP contribution >= 0.6 is 23.5 Å². The third-order valence-electron chi connectivity index (χ3n) is 3.68. The Labute approximate surface area is 146 Å². The predicted molar refractivity (Wildman–Crippen MR) is 95.6 cm³/mol. The van der Waals surface area contributed by atoms with Crippen molar-refractivity contribution in [3.63, 3.8) is 0 Å². The summed E-state index contributed by atoms with van der Waals surface area (Å²) in [6, 6.07) is 8.15. The number of carbonyl (C=O) groups is 2. The van der Waals surface area contributed by atoms with Gasteiger partial charge >= 0.3 is 5.97 Å². The van der Waals surface area contributed by atoms with Gasteiger partial charge < -0.3 is 9.64 Å². The van der Waals surface area contributed by atoms with Gasteiger partial charge in [-0.25, -0.2) is 0 Å². The Hall–Kier alpha value is -1.14. The van der Waals surface area contributed by atoms with Crippen molar-refractivity contribution in [1.82, 2.24) is 4.90 Å². The molecule has 0 spiro atoms. The molecule has 0 radical (unpaired) electrons. The van der Waals surface area contributed by atoms with Gasteiger partial charge in [-0.3, -0.25) is 9.59 Å². The second-order valence-corrected chi connectivity index (χ2v) is 7.33. The second kappa shape index (κ2) is 9.23. The van der Waals surface area contributed by atoms with Gasteiger partial charge in [0, 0.05) is 4.90 Å². The first-order valence-electron chi connectivity index (χ1n) is 7.86. The fraction of sp³-hybridized carbons (Fsp3) is 0.529. The SMILES string of the molecule is CCCCCOC(=O)CN1C(=O)CSC1c1ccc(SC)cc1. The van der Waals surface area contributed by atoms with Crippen LogP contribution in [0.4, 0.5) is 0 Å². The Bertz CT molecular complexity index is 533. The highest BCUT2D eigenvalue weighted by Crippen LogP contribution is 2.38. The van der Waals surface area contributed by atoms with E-state index >= 15 is 0 Å². The van der Waals surface area contributed by atoms with Crippen LogP contribution in [0.25, 0.3) is 0 Å². The predicted octanol–water partition coefficient (Wildman–Crippen LogP) is 3.72. The molecule has 1 amide bonds. The van der Waals surface area contributed by atoms with Crippen molar-refractivity contribution in [3.8, 4) is 0 Å². The van der Waals surface area contributed by atoms with E-state index in [9.17, 15) is 9.59 Å². The first-order valence-corrected chi connectivity index (χ1v) is 10.1. The van der Waals surface area contributed by atoms with E-state index < -0.39 is 0 Å². The van der Waals surface area contributed by atoms with Crippen LogP contribution in [0, 0.1) is 0 Å². The summed E-state index contributed by atoms with van der Waals surface area (Å²) in [6.45, 7) is 2.58. The van der Waals surface area contributed by atoms with E-state index in [2.05, 4.69) is 6.92 Å². The van der Waals surface area contributed by atoms with Crippen LogP contribution in [-0.4, -0.2) is 41.9 Å². The molecule has 126 valence electrons. The van der Waals surface area contributed by atoms with Crippen LogP contribution in [0.15, 0.2) is 29.2 Å². The summed E-state index contributed by atoms with van der Waals surface area (Å²) in [5.74, 6) is 0.0973. The lowest BCUT2D eigenvalue weighted by molar-refractivity contribution is -0.148. The van der Waals surface area contributed by atoms with E-state index in [1.54, 1.807) is 28.4 Å². The van der Waals surface area contributed by atoms with Crippen molar-refractivity contribution in [3.05, 3.63) is 29.8 Å². The van der Waals surface area contributed by atoms with Gasteiger partial charge in [-0.2, -0.15) is 0 Å². The Morgan fingerprint density at radius 3 is 2.74 bits per heavy atom. The standard InChI is InChI=1S/C17H23NO3S2/c1-3-4-5-10-21-16(20)11-18-15(19)12-23-17(18)13-6-8-14(22-2)9-7-13/h6-9,17H,3-5,10-12H2,1-2H3. The molecule has 2 rings (SSSR count). The van der Waals surface area contributed by atoms with E-state index in [0.717, 1.165) is 24.8 Å². The molecule has 1 saturated heterocycles. The molecule has 4 nitrogen and oxygen atoms in total. The number of esters is 1. The molecule has 1 aromatic rings. The molecule has 0 saturated carbocycles. The maximum absolute atomic E-state index is 12.1. The van der Waals surface area contributed by atoms with Gasteiger partial charge in [-0.15, -0.1) is 23.5 Å². The van der Waals surface area contributed by atoms with Crippen LogP contribution in [0.3, 0.4) is 0 Å². The van der Waals surface area contributed by atoms with Crippen molar-refractivity contribution >= 4 is 35.4 Å². The lowest BCUT2D eigenvalue weighted by atomic mass is 10.2. The van der Waals surface area contributed by atoms with Gasteiger partial charge in [0.25, 0.3) is 0 Å². The average molecular weight is 354 g/mol. The first kappa shape index (κ1) is 18.2. The lowest BCUT2D eigenvalue weighted by Crippen LogP contribution is -2.34. The fourth-order valence-corrected chi connectivity index (χ4v) is 3.99. The molecule has 23 heavy (non-hydrogen) atoms. The third-order valence-corrected chi connectivity index (χ3v) is 5.68. The van der Waals surface area contributed by atoms with Crippen LogP contribution in [0.2, 0.25) is 0 Å². The molecular weight excluding hydrogens is 330 g/mol. The van der Waals surface area contributed by atoms with Crippen LogP contribution in [0.1, 0.15) is 37.1 Å². The first-order chi connectivity index (χ1) is 11.2. The number of unbranched alkanes of at least 4 members (excludes halogenated alkanes) is 2. The summed E-state index contributed by atoms with van der Waals surface area (Å²) < 4.78 is 5.23. The lowest BCUT2D eigenvalue weighted by Gasteiger charge is -2.23. The summed E-state index contributed by atoms with van der Waals surface area (Å²) in [4.78, 5) is 26.9. The van der Waals surface area contributed by atoms with Gasteiger partial charge in [0.15, 0.2) is 0 Å². The average Bonchev–Trinajstić information content (AvgIpc) is 2.92. The third kappa shape index (κ3) is 5.18. The van der Waals surface area contributed by atoms with Gasteiger partial charge in [0.2, 0.25) is 5.91 Å². The number of carbonyl (C=O) groups excluding carboxylic acids is 2. The maximum atomic E-state index is 12.1. The van der Waals surface area contributed by atoms with Gasteiger partial charge in [-0.1, -0.05) is 31.9 Å². The summed E-state index contributed by atoms with van der Waals surface area (Å²) in [7, 11) is 0. The minimum Gasteiger partial charge on any atom is -0.464 e. The molecule has 1 atom stereocenters. The fourth-order valence-electron chi connectivity index (χ4n) is 2.39. The zero-order valence-electron chi connectivity index (χ0n) is 13.6. The topological polar surface area (TPSA) is 46.6 Å². The number of hydrogen-bond donors (Lipinski definition) is 0. The summed E-state index contributed by atoms with van der Waals surface area (Å²) >= 11 is 3.24. The van der Waals surface area contributed by atoms with E-state index in [1.165, 1.54) is 4.90 Å². The molecule has 0 aliphatic carbocycles. The number of hydrogen-bond acceptors (Lipinski definition) is 5. The van der Waals surface area contributed by atoms with Crippen molar-refractivity contribution in [2.75, 3.05) is 25.2 Å². The Morgan fingerprint density at radius 2 is 2.09 bits per heavy atom. The highest BCUT2D eigenvalue weighted by atomic mass is 32.2. The second-order valence-electron chi connectivity index (χ2n) is 5.39. The molecule has 1 aliphatic rings. The molecule has 1 heterocycles. The normalized spacial score (nSPS) is 17.6. The highest BCUT2D eigenvalue weighted by Gasteiger charge is 2.34. The molecule has 1 unspecified atom stereocenters. The molecule has 1 aromatic carbocycles. The zero-order valence-corrected chi connectivity index (χ0v) is 15.3. The van der Waals surface area contributed by atoms with E-state index in [4.69, 9.17) is 4.74 Å². The molecule has 0 bridgehead atoms. The van der Waals surface area contributed by atoms with E-state index in [0.29, 0.717) is 12.4 Å². The molecule has 1 aliphatic heterocycles. The van der Waals surface area contributed by atoms with E-state index in [1.807, 2.05) is 30.5 Å². The van der Waals surface area contributed by atoms with Crippen molar-refractivity contribution < 1.29 is 14.3 Å². The Balaban J connectivity index is 1.94. The van der Waals surface area contributed by atoms with Crippen LogP contribution in [-0.2, 0) is 14.3 Å². The minimum atomic E-state index is -0.317. The quantitative estimate of drug-likeness (QED) is 0.405. The maximum Gasteiger partial charge on any atom is 0.325 e. The number of nitrogens with zero attached hydrogens (tertiary/aromatic N) is 1. The smallest absolute Gasteiger partial charge is 0.325 e. The molecule has 6 heteroatoms. The summed E-state index contributed by atoms with van der Waals surface area (Å²) in [6.07, 6.45) is 5.05. The number of amides is 1. The molecule has 1 fully saturated rings. The van der Waals surface area contributed by atoms with E-state index in [-0.39, 0.29) is 23.8 Å². The summed E-state index contributed by atoms with van der Waals surface area (Å²) in [5, 5.41) is -0.0957. The Morgan fingerprint density at radius 1 is 1.35 bits per heavy atom. The number of benzene rings is 1. The number of ether oxygens (including phenoxy) is 1. The van der Waals surface area contributed by atoms with Gasteiger partial charge in [0.1, 0.15) is 11.9 Å². The van der Waals surface area contributed by atoms with Gasteiger partial charge in [0.05, 0.1) is 12.4 Å². The number of thioether (sulfide) groups is 2. The molecule has 0 aromatic heterocycles. The van der Waals surface area contributed by atoms with Crippen molar-refractivity contribution in [1.29, 1.82) is 0 Å². The van der Waals surface area contributed by atoms with Crippen molar-refractivity contribution in [2.24, 2.45) is 0 Å². The summed E-state index contributed by atoms with van der Waals surface area (Å²) in [5.41, 5.74) is 1.05. The number of rotatable bonds is 8. The Kier molecular flexibility index (Phi) is 7.30. The van der Waals surface area contributed by atoms with Gasteiger partial charge in [-0.05, 0) is 30.4 Å². The van der Waals surface area contributed by atoms with Crippen LogP contribution < -0.4 is 0 Å². The molecule has 0 N–H and O–H groups in total. The van der Waals surface area contributed by atoms with Crippen molar-refractivity contribution in [2.45, 2.75) is 36.5 Å². The highest BCUT2D eigenvalue weighted by molar-refractivity contribution is 8.00. The minimum absolute atomic E-state index is 0.000508.